The van der Waals surface area contributed by atoms with Gasteiger partial charge in [0.15, 0.2) is 13.2 Å². The van der Waals surface area contributed by atoms with Crippen molar-refractivity contribution in [3.63, 3.8) is 0 Å². The van der Waals surface area contributed by atoms with Crippen molar-refractivity contribution in [3.05, 3.63) is 89.7 Å². The Morgan fingerprint density at radius 3 is 2.31 bits per heavy atom. The number of pyridine rings is 1. The van der Waals surface area contributed by atoms with E-state index in [1.54, 1.807) is 13.2 Å². The first-order chi connectivity index (χ1) is 16.9. The Morgan fingerprint density at radius 2 is 1.77 bits per heavy atom. The fourth-order valence-corrected chi connectivity index (χ4v) is 3.48. The maximum Gasteiger partial charge on any atom is 0.207 e. The first kappa shape index (κ1) is 26.4. The van der Waals surface area contributed by atoms with Crippen LogP contribution in [0.5, 0.6) is 0 Å². The normalized spacial score (nSPS) is 15.6. The summed E-state index contributed by atoms with van der Waals surface area (Å²) in [6, 6.07) is 19.6. The number of amides is 1. The quantitative estimate of drug-likeness (QED) is 0.217. The van der Waals surface area contributed by atoms with Crippen molar-refractivity contribution >= 4 is 6.41 Å². The SMILES string of the molecule is CO[N+](C)(OCc1ccccc1)OC(c1ccc(-c2ccc(C(C)N)nc2)cc1)C(CF)NC=O. The molecule has 0 spiro atoms. The maximum absolute atomic E-state index is 13.9. The zero-order valence-electron chi connectivity index (χ0n) is 20.1. The standard InChI is InChI=1S/C26H31FN4O4/c1-19(28)24-14-13-23(16-29-24)21-9-11-22(12-10-21)26(25(15-27)30-18-32)35-31(2,33-3)34-17-20-7-5-4-6-8-20/h4-14,16,18-19,25-26H,15,17,28H2,1-3H3/p+1. The van der Waals surface area contributed by atoms with E-state index in [1.165, 1.54) is 7.11 Å². The molecule has 0 saturated carbocycles. The largest absolute Gasteiger partial charge is 0.350 e. The number of nitrogens with one attached hydrogen (secondary N) is 1. The molecule has 2 aromatic carbocycles. The van der Waals surface area contributed by atoms with Crippen LogP contribution < -0.4 is 11.1 Å². The second-order valence-corrected chi connectivity index (χ2v) is 8.17. The molecule has 186 valence electrons. The number of hydrogen-bond acceptors (Lipinski definition) is 6. The number of rotatable bonds is 13. The molecule has 3 rings (SSSR count). The van der Waals surface area contributed by atoms with Crippen LogP contribution in [0.25, 0.3) is 11.1 Å². The Bertz CT molecular complexity index is 1050. The average Bonchev–Trinajstić information content (AvgIpc) is 2.90. The molecule has 0 fully saturated rings. The van der Waals surface area contributed by atoms with Crippen LogP contribution in [0.2, 0.25) is 0 Å². The van der Waals surface area contributed by atoms with Crippen LogP contribution in [-0.2, 0) is 25.9 Å². The Morgan fingerprint density at radius 1 is 1.09 bits per heavy atom. The van der Waals surface area contributed by atoms with E-state index in [0.29, 0.717) is 12.0 Å². The van der Waals surface area contributed by atoms with E-state index >= 15 is 0 Å². The molecule has 3 N–H and O–H groups in total. The Kier molecular flexibility index (Phi) is 9.41. The van der Waals surface area contributed by atoms with Gasteiger partial charge in [-0.05, 0) is 29.7 Å². The lowest BCUT2D eigenvalue weighted by Gasteiger charge is -2.31. The molecule has 0 radical (unpaired) electrons. The fourth-order valence-electron chi connectivity index (χ4n) is 3.48. The number of nitrogens with two attached hydrogens (primary N) is 1. The van der Waals surface area contributed by atoms with Gasteiger partial charge in [0.05, 0.1) is 16.7 Å². The van der Waals surface area contributed by atoms with Gasteiger partial charge in [-0.25, -0.2) is 4.39 Å². The number of alkyl halides is 1. The summed E-state index contributed by atoms with van der Waals surface area (Å²) >= 11 is 0. The molecule has 1 heterocycles. The van der Waals surface area contributed by atoms with E-state index in [1.807, 2.05) is 73.7 Å². The zero-order chi connectivity index (χ0) is 25.3. The van der Waals surface area contributed by atoms with Gasteiger partial charge in [0.25, 0.3) is 0 Å². The summed E-state index contributed by atoms with van der Waals surface area (Å²) < 4.78 is 13.9. The monoisotopic (exact) mass is 483 g/mol. The highest BCUT2D eigenvalue weighted by atomic mass is 19.1. The number of halogens is 1. The van der Waals surface area contributed by atoms with Gasteiger partial charge >= 0.3 is 0 Å². The predicted octanol–water partition coefficient (Wildman–Crippen LogP) is 3.96. The van der Waals surface area contributed by atoms with Crippen LogP contribution in [0.3, 0.4) is 0 Å². The van der Waals surface area contributed by atoms with Gasteiger partial charge in [-0.1, -0.05) is 60.7 Å². The highest BCUT2D eigenvalue weighted by Gasteiger charge is 2.37. The van der Waals surface area contributed by atoms with Gasteiger partial charge in [0, 0.05) is 17.8 Å². The smallest absolute Gasteiger partial charge is 0.207 e. The Hall–Kier alpha value is -3.21. The Labute approximate surface area is 204 Å². The fraction of sp³-hybridized carbons (Fsp3) is 0.308. The Balaban J connectivity index is 1.83. The number of aromatic nitrogens is 1. The third kappa shape index (κ3) is 7.14. The molecule has 0 aliphatic heterocycles. The van der Waals surface area contributed by atoms with Crippen LogP contribution in [0.15, 0.2) is 72.9 Å². The molecule has 1 aromatic heterocycles. The average molecular weight is 484 g/mol. The molecule has 0 bridgehead atoms. The van der Waals surface area contributed by atoms with Gasteiger partial charge in [0.1, 0.15) is 20.4 Å². The molecule has 1 amide bonds. The summed E-state index contributed by atoms with van der Waals surface area (Å²) in [5, 5.41) is 2.49. The van der Waals surface area contributed by atoms with Gasteiger partial charge in [-0.15, -0.1) is 14.5 Å². The highest BCUT2D eigenvalue weighted by molar-refractivity contribution is 5.63. The maximum atomic E-state index is 13.9. The summed E-state index contributed by atoms with van der Waals surface area (Å²) in [5.41, 5.74) is 10.1. The number of hydrogen-bond donors (Lipinski definition) is 2. The number of benzene rings is 2. The van der Waals surface area contributed by atoms with Crippen molar-refractivity contribution in [3.8, 4) is 11.1 Å². The van der Waals surface area contributed by atoms with Gasteiger partial charge in [-0.2, -0.15) is 0 Å². The van der Waals surface area contributed by atoms with Crippen molar-refractivity contribution in [1.82, 2.24) is 10.3 Å². The molecular weight excluding hydrogens is 451 g/mol. The van der Waals surface area contributed by atoms with Crippen molar-refractivity contribution in [2.24, 2.45) is 5.73 Å². The molecule has 4 unspecified atom stereocenters. The minimum absolute atomic E-state index is 0.149. The molecule has 8 nitrogen and oxygen atoms in total. The summed E-state index contributed by atoms with van der Waals surface area (Å²) in [4.78, 5) is 32.2. The minimum atomic E-state index is -0.960. The molecule has 0 aliphatic carbocycles. The summed E-state index contributed by atoms with van der Waals surface area (Å²) in [6.07, 6.45) is 1.30. The van der Waals surface area contributed by atoms with Crippen molar-refractivity contribution in [2.75, 3.05) is 20.8 Å². The number of nitrogens with zero attached hydrogens (tertiary/aromatic N) is 2. The molecule has 9 heteroatoms. The lowest BCUT2D eigenvalue weighted by Crippen LogP contribution is -2.48. The second-order valence-electron chi connectivity index (χ2n) is 8.17. The number of carbonyl (C=O) groups is 1. The molecule has 4 atom stereocenters. The third-order valence-electron chi connectivity index (χ3n) is 5.58. The third-order valence-corrected chi connectivity index (χ3v) is 5.58. The summed E-state index contributed by atoms with van der Waals surface area (Å²) in [5.74, 6) is 0. The predicted molar refractivity (Wildman–Crippen MR) is 129 cm³/mol. The first-order valence-electron chi connectivity index (χ1n) is 11.3. The van der Waals surface area contributed by atoms with E-state index in [9.17, 15) is 9.18 Å². The van der Waals surface area contributed by atoms with Crippen LogP contribution in [0.1, 0.15) is 35.9 Å². The highest BCUT2D eigenvalue weighted by Crippen LogP contribution is 2.29. The molecule has 3 aromatic rings. The lowest BCUT2D eigenvalue weighted by molar-refractivity contribution is -1.36. The molecule has 35 heavy (non-hydrogen) atoms. The van der Waals surface area contributed by atoms with Gasteiger partial charge < -0.3 is 11.1 Å². The van der Waals surface area contributed by atoms with Crippen LogP contribution in [0.4, 0.5) is 4.39 Å². The number of quaternary nitrogens is 1. The van der Waals surface area contributed by atoms with Crippen molar-refractivity contribution < 1.29 is 28.7 Å². The molecular formula is C26H32FN4O4+. The summed E-state index contributed by atoms with van der Waals surface area (Å²) in [7, 11) is 2.97. The number of hydroxylamine groups is 3. The summed E-state index contributed by atoms with van der Waals surface area (Å²) in [6.45, 7) is 1.22. The van der Waals surface area contributed by atoms with E-state index in [2.05, 4.69) is 10.3 Å². The minimum Gasteiger partial charge on any atom is -0.350 e. The van der Waals surface area contributed by atoms with E-state index < -0.39 is 23.8 Å². The number of carbonyl (C=O) groups excluding carboxylic acids is 1. The van der Waals surface area contributed by atoms with Crippen molar-refractivity contribution in [1.29, 1.82) is 0 Å². The van der Waals surface area contributed by atoms with Crippen LogP contribution in [0, 0.1) is 0 Å². The zero-order valence-corrected chi connectivity index (χ0v) is 20.1. The van der Waals surface area contributed by atoms with Crippen molar-refractivity contribution in [2.45, 2.75) is 31.7 Å². The topological polar surface area (TPSA) is 95.7 Å². The van der Waals surface area contributed by atoms with Gasteiger partial charge in [0.2, 0.25) is 6.41 Å². The van der Waals surface area contributed by atoms with E-state index in [4.69, 9.17) is 20.2 Å². The van der Waals surface area contributed by atoms with Crippen LogP contribution in [-0.4, -0.2) is 43.2 Å². The second kappa shape index (κ2) is 12.5. The molecule has 0 saturated heterocycles. The van der Waals surface area contributed by atoms with Crippen LogP contribution >= 0.6 is 0 Å². The van der Waals surface area contributed by atoms with Gasteiger partial charge in [-0.3, -0.25) is 9.78 Å². The molecule has 0 aliphatic rings. The van der Waals surface area contributed by atoms with E-state index in [-0.39, 0.29) is 12.6 Å². The van der Waals surface area contributed by atoms with E-state index in [0.717, 1.165) is 22.4 Å². The lowest BCUT2D eigenvalue weighted by atomic mass is 9.99. The first-order valence-corrected chi connectivity index (χ1v) is 11.3.